The van der Waals surface area contributed by atoms with Crippen LogP contribution in [0.15, 0.2) is 77.9 Å². The van der Waals surface area contributed by atoms with E-state index in [-0.39, 0.29) is 34.0 Å². The average molecular weight is 447 g/mol. The molecule has 0 saturated carbocycles. The first-order valence-electron chi connectivity index (χ1n) is 10.6. The number of carbonyl (C=O) groups is 3. The summed E-state index contributed by atoms with van der Waals surface area (Å²) in [5, 5.41) is 17.7. The highest BCUT2D eigenvalue weighted by Crippen LogP contribution is 2.59. The van der Waals surface area contributed by atoms with Crippen molar-refractivity contribution in [2.24, 2.45) is 0 Å². The number of benzene rings is 3. The Kier molecular flexibility index (Phi) is 3.26. The van der Waals surface area contributed by atoms with Crippen LogP contribution in [0, 0.1) is 10.1 Å². The lowest BCUT2D eigenvalue weighted by molar-refractivity contribution is -0.384. The van der Waals surface area contributed by atoms with Crippen LogP contribution in [0.2, 0.25) is 0 Å². The van der Waals surface area contributed by atoms with Crippen molar-refractivity contribution in [1.82, 2.24) is 5.32 Å². The summed E-state index contributed by atoms with van der Waals surface area (Å²) in [4.78, 5) is 52.5. The third-order valence-electron chi connectivity index (χ3n) is 7.04. The maximum atomic E-state index is 13.9. The van der Waals surface area contributed by atoms with Crippen LogP contribution in [0.3, 0.4) is 0 Å². The fourth-order valence-corrected chi connectivity index (χ4v) is 5.69. The van der Waals surface area contributed by atoms with Gasteiger partial charge in [0.15, 0.2) is 11.6 Å². The van der Waals surface area contributed by atoms with Crippen LogP contribution in [0.5, 0.6) is 0 Å². The highest BCUT2D eigenvalue weighted by atomic mass is 16.6. The summed E-state index contributed by atoms with van der Waals surface area (Å²) in [6, 6.07) is 18.0. The van der Waals surface area contributed by atoms with Gasteiger partial charge in [-0.25, -0.2) is 0 Å². The van der Waals surface area contributed by atoms with Crippen molar-refractivity contribution in [3.8, 4) is 0 Å². The summed E-state index contributed by atoms with van der Waals surface area (Å²) < 4.78 is 0. The molecule has 2 aliphatic carbocycles. The molecule has 0 aromatic heterocycles. The summed E-state index contributed by atoms with van der Waals surface area (Å²) in [6.45, 7) is 0. The number of non-ortho nitro benzene ring substituents is 1. The van der Waals surface area contributed by atoms with Gasteiger partial charge in [-0.2, -0.15) is 0 Å². The second-order valence-electron chi connectivity index (χ2n) is 8.57. The molecule has 3 aromatic rings. The van der Waals surface area contributed by atoms with Crippen molar-refractivity contribution in [3.63, 3.8) is 0 Å². The van der Waals surface area contributed by atoms with Gasteiger partial charge >= 0.3 is 0 Å². The van der Waals surface area contributed by atoms with Crippen LogP contribution in [0.1, 0.15) is 37.4 Å². The molecular weight excluding hydrogens is 434 g/mol. The minimum absolute atomic E-state index is 0.116. The molecule has 0 saturated heterocycles. The predicted octanol–water partition coefficient (Wildman–Crippen LogP) is 3.60. The monoisotopic (exact) mass is 447 g/mol. The number of carbonyl (C=O) groups excluding carboxylic acids is 3. The van der Waals surface area contributed by atoms with E-state index in [1.165, 1.54) is 18.2 Å². The molecule has 8 nitrogen and oxygen atoms in total. The summed E-state index contributed by atoms with van der Waals surface area (Å²) in [7, 11) is 0. The van der Waals surface area contributed by atoms with Crippen LogP contribution in [-0.2, 0) is 10.2 Å². The summed E-state index contributed by atoms with van der Waals surface area (Å²) in [6.07, 6.45) is 0. The molecule has 2 heterocycles. The Morgan fingerprint density at radius 3 is 1.76 bits per heavy atom. The Morgan fingerprint density at radius 2 is 1.24 bits per heavy atom. The average Bonchev–Trinajstić information content (AvgIpc) is 3.41. The van der Waals surface area contributed by atoms with Gasteiger partial charge in [-0.1, -0.05) is 48.5 Å². The van der Waals surface area contributed by atoms with E-state index in [4.69, 9.17) is 0 Å². The first-order valence-corrected chi connectivity index (χ1v) is 10.6. The first kappa shape index (κ1) is 18.7. The van der Waals surface area contributed by atoms with Crippen molar-refractivity contribution in [2.45, 2.75) is 5.41 Å². The fraction of sp³-hybridized carbons (Fsp3) is 0.0385. The SMILES string of the molecule is O=C1C2=C(NC3=C(C(=O)c4ccccc43)C23C(=O)Nc2ccc([N+](=O)[O-])cc23)c2ccccc21. The molecule has 1 spiro atoms. The zero-order valence-electron chi connectivity index (χ0n) is 17.3. The molecule has 4 aliphatic rings. The number of nitrogens with one attached hydrogen (secondary N) is 2. The molecule has 2 aliphatic heterocycles. The largest absolute Gasteiger partial charge is 0.354 e. The van der Waals surface area contributed by atoms with E-state index >= 15 is 0 Å². The van der Waals surface area contributed by atoms with Gasteiger partial charge in [0.1, 0.15) is 5.41 Å². The Hall–Kier alpha value is -4.85. The zero-order valence-corrected chi connectivity index (χ0v) is 17.3. The topological polar surface area (TPSA) is 118 Å². The molecule has 0 unspecified atom stereocenters. The molecule has 34 heavy (non-hydrogen) atoms. The second kappa shape index (κ2) is 5.93. The highest BCUT2D eigenvalue weighted by Gasteiger charge is 2.63. The molecule has 0 fully saturated rings. The standard InChI is InChI=1S/C26H13N3O5/c30-23-15-7-3-1-5-13(15)21-19(23)26(17-11-12(29(33)34)9-10-18(17)27-25(26)32)20-22(28-21)14-6-2-4-8-16(14)24(20)31/h1-11,28H,(H,27,32). The Labute approximate surface area is 191 Å². The third-order valence-corrected chi connectivity index (χ3v) is 7.04. The lowest BCUT2D eigenvalue weighted by atomic mass is 9.65. The lowest BCUT2D eigenvalue weighted by Crippen LogP contribution is -2.46. The lowest BCUT2D eigenvalue weighted by Gasteiger charge is -2.35. The minimum atomic E-state index is -1.82. The van der Waals surface area contributed by atoms with Gasteiger partial charge in [0.05, 0.1) is 16.3 Å². The number of amides is 1. The molecule has 7 rings (SSSR count). The van der Waals surface area contributed by atoms with Gasteiger partial charge in [0, 0.05) is 56.8 Å². The number of Topliss-reactive ketones (excluding diaryl/α,β-unsaturated/α-hetero) is 2. The summed E-state index contributed by atoms with van der Waals surface area (Å²) in [5.41, 5.74) is 1.70. The van der Waals surface area contributed by atoms with Crippen molar-refractivity contribution in [2.75, 3.05) is 5.32 Å². The van der Waals surface area contributed by atoms with Crippen LogP contribution in [0.25, 0.3) is 11.4 Å². The molecule has 162 valence electrons. The number of nitro benzene ring substituents is 1. The van der Waals surface area contributed by atoms with Gasteiger partial charge in [-0.3, -0.25) is 24.5 Å². The fourth-order valence-electron chi connectivity index (χ4n) is 5.69. The first-order chi connectivity index (χ1) is 16.4. The third kappa shape index (κ3) is 1.93. The van der Waals surface area contributed by atoms with E-state index in [0.29, 0.717) is 39.3 Å². The smallest absolute Gasteiger partial charge is 0.269 e. The van der Waals surface area contributed by atoms with Crippen molar-refractivity contribution < 1.29 is 19.3 Å². The molecule has 0 bridgehead atoms. The zero-order chi connectivity index (χ0) is 23.4. The second-order valence-corrected chi connectivity index (χ2v) is 8.57. The van der Waals surface area contributed by atoms with Gasteiger partial charge in [-0.05, 0) is 6.07 Å². The van der Waals surface area contributed by atoms with Crippen LogP contribution in [-0.4, -0.2) is 22.4 Å². The van der Waals surface area contributed by atoms with Gasteiger partial charge < -0.3 is 10.6 Å². The number of dihydropyridines is 1. The van der Waals surface area contributed by atoms with Gasteiger partial charge in [0.25, 0.3) is 5.69 Å². The van der Waals surface area contributed by atoms with E-state index in [2.05, 4.69) is 10.6 Å². The Bertz CT molecular complexity index is 1570. The number of ketones is 2. The molecule has 0 radical (unpaired) electrons. The summed E-state index contributed by atoms with van der Waals surface area (Å²) in [5.74, 6) is -1.35. The molecule has 2 N–H and O–H groups in total. The van der Waals surface area contributed by atoms with E-state index in [1.807, 2.05) is 0 Å². The minimum Gasteiger partial charge on any atom is -0.354 e. The van der Waals surface area contributed by atoms with Crippen LogP contribution in [0.4, 0.5) is 11.4 Å². The number of fused-ring (bicyclic) bond motifs is 8. The van der Waals surface area contributed by atoms with E-state index in [1.54, 1.807) is 48.5 Å². The van der Waals surface area contributed by atoms with E-state index in [9.17, 15) is 24.5 Å². The van der Waals surface area contributed by atoms with E-state index < -0.39 is 16.2 Å². The number of anilines is 1. The maximum absolute atomic E-state index is 13.9. The number of hydrogen-bond acceptors (Lipinski definition) is 6. The van der Waals surface area contributed by atoms with Crippen molar-refractivity contribution >= 4 is 40.2 Å². The number of rotatable bonds is 1. The van der Waals surface area contributed by atoms with Gasteiger partial charge in [-0.15, -0.1) is 0 Å². The van der Waals surface area contributed by atoms with E-state index in [0.717, 1.165) is 0 Å². The van der Waals surface area contributed by atoms with Gasteiger partial charge in [0.2, 0.25) is 5.91 Å². The maximum Gasteiger partial charge on any atom is 0.269 e. The van der Waals surface area contributed by atoms with Crippen LogP contribution < -0.4 is 10.6 Å². The van der Waals surface area contributed by atoms with Crippen LogP contribution >= 0.6 is 0 Å². The number of nitro groups is 1. The highest BCUT2D eigenvalue weighted by molar-refractivity contribution is 6.37. The molecule has 1 amide bonds. The van der Waals surface area contributed by atoms with Crippen molar-refractivity contribution in [3.05, 3.63) is 116 Å². The molecule has 0 atom stereocenters. The Morgan fingerprint density at radius 1 is 0.706 bits per heavy atom. The molecule has 8 heteroatoms. The summed E-state index contributed by atoms with van der Waals surface area (Å²) >= 11 is 0. The molecule has 3 aromatic carbocycles. The number of hydrogen-bond donors (Lipinski definition) is 2. The predicted molar refractivity (Wildman–Crippen MR) is 122 cm³/mol. The number of nitrogens with zero attached hydrogens (tertiary/aromatic N) is 1. The normalized spacial score (nSPS) is 18.3. The van der Waals surface area contributed by atoms with Crippen molar-refractivity contribution in [1.29, 1.82) is 0 Å². The Balaban J connectivity index is 1.63. The quantitative estimate of drug-likeness (QED) is 0.435. The molecular formula is C26H13N3O5.